The summed E-state index contributed by atoms with van der Waals surface area (Å²) >= 11 is 0. The molecule has 6 nitrogen and oxygen atoms in total. The number of benzene rings is 9. The van der Waals surface area contributed by atoms with Gasteiger partial charge in [0.15, 0.2) is 0 Å². The van der Waals surface area contributed by atoms with Gasteiger partial charge in [-0.05, 0) is 188 Å². The zero-order valence-electron chi connectivity index (χ0n) is 42.1. The first-order chi connectivity index (χ1) is 36.3. The lowest BCUT2D eigenvalue weighted by Gasteiger charge is -2.27. The molecule has 0 saturated heterocycles. The van der Waals surface area contributed by atoms with Crippen molar-refractivity contribution in [3.63, 3.8) is 0 Å². The first-order valence-corrected chi connectivity index (χ1v) is 25.1. The summed E-state index contributed by atoms with van der Waals surface area (Å²) in [4.78, 5) is 17.6. The molecule has 0 fully saturated rings. The Kier molecular flexibility index (Phi) is 13.3. The highest BCUT2D eigenvalue weighted by Gasteiger charge is 2.17. The van der Waals surface area contributed by atoms with Crippen LogP contribution in [0.5, 0.6) is 0 Å². The van der Waals surface area contributed by atoms with Crippen LogP contribution in [-0.4, -0.2) is 17.0 Å². The minimum Gasteiger partial charge on any atom is -0.345 e. The van der Waals surface area contributed by atoms with Gasteiger partial charge < -0.3 is 19.6 Å². The van der Waals surface area contributed by atoms with E-state index in [1.165, 1.54) is 33.5 Å². The highest BCUT2D eigenvalue weighted by molar-refractivity contribution is 5.84. The summed E-state index contributed by atoms with van der Waals surface area (Å²) in [5.41, 5.74) is 22.6. The summed E-state index contributed by atoms with van der Waals surface area (Å²) in [5, 5.41) is 0. The van der Waals surface area contributed by atoms with Crippen LogP contribution in [0.25, 0.3) is 33.4 Å². The van der Waals surface area contributed by atoms with Gasteiger partial charge in [0.25, 0.3) is 0 Å². The van der Waals surface area contributed by atoms with Crippen LogP contribution in [0, 0.1) is 20.8 Å². The maximum Gasteiger partial charge on any atom is 0.0492 e. The van der Waals surface area contributed by atoms with Crippen LogP contribution in [0.15, 0.2) is 267 Å². The molecule has 0 saturated carbocycles. The van der Waals surface area contributed by atoms with E-state index in [4.69, 9.17) is 0 Å². The number of hydrogen-bond donors (Lipinski definition) is 0. The quantitative estimate of drug-likeness (QED) is 0.108. The lowest BCUT2D eigenvalue weighted by atomic mass is 10.0. The second kappa shape index (κ2) is 21.1. The number of rotatable bonds is 14. The third-order valence-corrected chi connectivity index (χ3v) is 13.7. The maximum atomic E-state index is 4.24. The topological polar surface area (TPSA) is 38.7 Å². The van der Waals surface area contributed by atoms with Gasteiger partial charge in [-0.2, -0.15) is 0 Å². The van der Waals surface area contributed by atoms with E-state index >= 15 is 0 Å². The van der Waals surface area contributed by atoms with Crippen LogP contribution >= 0.6 is 0 Å². The Bertz CT molecular complexity index is 3530. The van der Waals surface area contributed by atoms with Crippen molar-refractivity contribution in [1.29, 1.82) is 0 Å². The van der Waals surface area contributed by atoms with E-state index in [2.05, 4.69) is 276 Å². The smallest absolute Gasteiger partial charge is 0.0492 e. The molecule has 0 aliphatic carbocycles. The van der Waals surface area contributed by atoms with Gasteiger partial charge in [0.1, 0.15) is 0 Å². The first-order valence-electron chi connectivity index (χ1n) is 25.1. The fraction of sp³-hybridized carbons (Fsp3) is 0.0588. The first kappa shape index (κ1) is 46.8. The maximum absolute atomic E-state index is 4.24. The van der Waals surface area contributed by atoms with Crippen molar-refractivity contribution in [3.05, 3.63) is 284 Å². The number of hydrogen-bond acceptors (Lipinski definition) is 6. The largest absolute Gasteiger partial charge is 0.345 e. The van der Waals surface area contributed by atoms with Crippen molar-refractivity contribution in [1.82, 2.24) is 9.97 Å². The molecule has 0 aliphatic rings. The molecule has 9 aromatic carbocycles. The number of aromatic nitrogens is 2. The SMILES string of the molecule is Cc1ccc(N(C)c2ccc(-c3ccc(N(c4ccc(C)cc4)c4ccc(-c5ccc(N(c6ccc(C)cc6)c6ccc(-c7ccc(N(c8ccncc8)c8ccncc8)cc7)cc6)cc5)cc4)cc3)cc2)cc1. The molecule has 0 spiro atoms. The fourth-order valence-electron chi connectivity index (χ4n) is 9.53. The Labute approximate surface area is 435 Å². The molecule has 0 amide bonds. The van der Waals surface area contributed by atoms with Crippen LogP contribution in [0.3, 0.4) is 0 Å². The zero-order valence-corrected chi connectivity index (χ0v) is 42.1. The van der Waals surface area contributed by atoms with E-state index in [-0.39, 0.29) is 0 Å². The summed E-state index contributed by atoms with van der Waals surface area (Å²) in [7, 11) is 2.12. The van der Waals surface area contributed by atoms with E-state index in [0.717, 1.165) is 79.1 Å². The number of pyridine rings is 2. The molecule has 0 radical (unpaired) electrons. The van der Waals surface area contributed by atoms with E-state index in [1.807, 2.05) is 49.1 Å². The van der Waals surface area contributed by atoms with Crippen LogP contribution in [0.4, 0.5) is 62.6 Å². The highest BCUT2D eigenvalue weighted by Crippen LogP contribution is 2.41. The third-order valence-electron chi connectivity index (χ3n) is 13.7. The molecule has 74 heavy (non-hydrogen) atoms. The molecule has 6 heteroatoms. The highest BCUT2D eigenvalue weighted by atomic mass is 15.2. The lowest BCUT2D eigenvalue weighted by Crippen LogP contribution is -2.10. The number of nitrogens with zero attached hydrogens (tertiary/aromatic N) is 6. The van der Waals surface area contributed by atoms with Gasteiger partial charge in [-0.3, -0.25) is 9.97 Å². The molecule has 358 valence electrons. The molecule has 11 rings (SSSR count). The summed E-state index contributed by atoms with van der Waals surface area (Å²) in [6.07, 6.45) is 7.28. The summed E-state index contributed by atoms with van der Waals surface area (Å²) < 4.78 is 0. The minimum absolute atomic E-state index is 1.03. The van der Waals surface area contributed by atoms with E-state index < -0.39 is 0 Å². The number of anilines is 11. The van der Waals surface area contributed by atoms with Crippen molar-refractivity contribution in [2.75, 3.05) is 26.6 Å². The van der Waals surface area contributed by atoms with Crippen LogP contribution < -0.4 is 19.6 Å². The lowest BCUT2D eigenvalue weighted by molar-refractivity contribution is 1.20. The van der Waals surface area contributed by atoms with Gasteiger partial charge in [0, 0.05) is 94.4 Å². The average Bonchev–Trinajstić information content (AvgIpc) is 3.46. The van der Waals surface area contributed by atoms with Gasteiger partial charge >= 0.3 is 0 Å². The summed E-state index contributed by atoms with van der Waals surface area (Å²) in [5.74, 6) is 0. The monoisotopic (exact) mass is 956 g/mol. The Morgan fingerprint density at radius 1 is 0.203 bits per heavy atom. The van der Waals surface area contributed by atoms with E-state index in [1.54, 1.807) is 0 Å². The summed E-state index contributed by atoms with van der Waals surface area (Å²) in [6, 6.07) is 87.3. The average molecular weight is 957 g/mol. The zero-order chi connectivity index (χ0) is 50.4. The van der Waals surface area contributed by atoms with Crippen LogP contribution in [0.1, 0.15) is 16.7 Å². The number of aryl methyl sites for hydroxylation is 3. The Morgan fingerprint density at radius 3 is 0.581 bits per heavy atom. The van der Waals surface area contributed by atoms with Gasteiger partial charge in [-0.1, -0.05) is 126 Å². The van der Waals surface area contributed by atoms with Crippen molar-refractivity contribution < 1.29 is 0 Å². The molecule has 0 N–H and O–H groups in total. The van der Waals surface area contributed by atoms with Crippen LogP contribution in [-0.2, 0) is 0 Å². The van der Waals surface area contributed by atoms with Crippen LogP contribution in [0.2, 0.25) is 0 Å². The molecular weight excluding hydrogens is 901 g/mol. The van der Waals surface area contributed by atoms with E-state index in [9.17, 15) is 0 Å². The normalized spacial score (nSPS) is 11.0. The standard InChI is InChI=1S/C68H56N6/c1-49-5-23-58(24-6-49)71(4)59-29-11-52(12-30-59)53-13-31-62(32-14-53)72(60-25-7-50(2)8-26-60)63-33-15-54(16-34-63)55-17-35-64(36-18-55)73(61-27-9-51(3)10-28-61)65-37-19-56(20-38-65)57-21-39-66(40-22-57)74(67-41-45-69-46-42-67)68-43-47-70-48-44-68/h5-48H,1-4H3. The fourth-order valence-corrected chi connectivity index (χ4v) is 9.53. The Hall–Kier alpha value is -9.52. The second-order valence-corrected chi connectivity index (χ2v) is 18.8. The van der Waals surface area contributed by atoms with Crippen molar-refractivity contribution in [2.24, 2.45) is 0 Å². The van der Waals surface area contributed by atoms with E-state index in [0.29, 0.717) is 0 Å². The Morgan fingerprint density at radius 2 is 0.365 bits per heavy atom. The molecule has 0 aliphatic heterocycles. The molecule has 0 bridgehead atoms. The predicted molar refractivity (Wildman–Crippen MR) is 311 cm³/mol. The summed E-state index contributed by atoms with van der Waals surface area (Å²) in [6.45, 7) is 6.38. The molecular formula is C68H56N6. The van der Waals surface area contributed by atoms with Crippen molar-refractivity contribution in [3.8, 4) is 33.4 Å². The second-order valence-electron chi connectivity index (χ2n) is 18.8. The van der Waals surface area contributed by atoms with Crippen molar-refractivity contribution >= 4 is 62.6 Å². The molecule has 11 aromatic rings. The predicted octanol–water partition coefficient (Wildman–Crippen LogP) is 18.6. The van der Waals surface area contributed by atoms with Gasteiger partial charge in [-0.25, -0.2) is 0 Å². The van der Waals surface area contributed by atoms with Gasteiger partial charge in [0.2, 0.25) is 0 Å². The molecule has 0 unspecified atom stereocenters. The Balaban J connectivity index is 0.828. The molecule has 2 heterocycles. The van der Waals surface area contributed by atoms with Crippen molar-refractivity contribution in [2.45, 2.75) is 20.8 Å². The van der Waals surface area contributed by atoms with Gasteiger partial charge in [0.05, 0.1) is 0 Å². The minimum atomic E-state index is 1.03. The van der Waals surface area contributed by atoms with Gasteiger partial charge in [-0.15, -0.1) is 0 Å². The molecule has 0 atom stereocenters. The molecule has 2 aromatic heterocycles. The third kappa shape index (κ3) is 10.2.